The highest BCUT2D eigenvalue weighted by molar-refractivity contribution is 6.30. The second kappa shape index (κ2) is 6.91. The van der Waals surface area contributed by atoms with Crippen LogP contribution in [0.1, 0.15) is 53.4 Å². The maximum atomic E-state index is 6.15. The van der Waals surface area contributed by atoms with Gasteiger partial charge in [0, 0.05) is 11.1 Å². The zero-order chi connectivity index (χ0) is 15.5. The Balaban J connectivity index is 2.09. The summed E-state index contributed by atoms with van der Waals surface area (Å²) in [5, 5.41) is 4.43. The fourth-order valence-electron chi connectivity index (χ4n) is 3.31. The van der Waals surface area contributed by atoms with E-state index in [-0.39, 0.29) is 0 Å². The summed E-state index contributed by atoms with van der Waals surface area (Å²) in [4.78, 5) is 0. The van der Waals surface area contributed by atoms with Crippen molar-refractivity contribution in [1.29, 1.82) is 0 Å². The maximum absolute atomic E-state index is 6.15. The first-order valence-electron chi connectivity index (χ1n) is 8.10. The zero-order valence-electron chi connectivity index (χ0n) is 13.7. The summed E-state index contributed by atoms with van der Waals surface area (Å²) in [6.07, 6.45) is 4.74. The molecule has 0 aromatic heterocycles. The van der Waals surface area contributed by atoms with Crippen molar-refractivity contribution in [3.63, 3.8) is 0 Å². The largest absolute Gasteiger partial charge is 0.491 e. The second-order valence-electron chi connectivity index (χ2n) is 7.12. The van der Waals surface area contributed by atoms with Gasteiger partial charge < -0.3 is 10.1 Å². The Hall–Kier alpha value is -0.890. The Morgan fingerprint density at radius 3 is 2.81 bits per heavy atom. The fourth-order valence-corrected chi connectivity index (χ4v) is 3.49. The minimum atomic E-state index is 0.466. The van der Waals surface area contributed by atoms with Crippen LogP contribution in [0.2, 0.25) is 5.02 Å². The quantitative estimate of drug-likeness (QED) is 0.747. The van der Waals surface area contributed by atoms with Crippen molar-refractivity contribution in [2.45, 2.75) is 59.4 Å². The van der Waals surface area contributed by atoms with Crippen molar-refractivity contribution in [3.05, 3.63) is 23.2 Å². The van der Waals surface area contributed by atoms with Crippen LogP contribution in [0.3, 0.4) is 0 Å². The maximum Gasteiger partial charge on any atom is 0.142 e. The molecule has 2 atom stereocenters. The van der Waals surface area contributed by atoms with E-state index in [1.54, 1.807) is 0 Å². The molecule has 2 unspecified atom stereocenters. The third kappa shape index (κ3) is 4.54. The predicted octanol–water partition coefficient (Wildman–Crippen LogP) is 5.76. The summed E-state index contributed by atoms with van der Waals surface area (Å²) in [5.74, 6) is 1.57. The van der Waals surface area contributed by atoms with Crippen LogP contribution < -0.4 is 10.1 Å². The van der Waals surface area contributed by atoms with Crippen molar-refractivity contribution in [2.75, 3.05) is 11.9 Å². The molecular formula is C18H28ClNO. The Kier molecular flexibility index (Phi) is 5.43. The number of ether oxygens (including phenoxy) is 1. The van der Waals surface area contributed by atoms with Crippen molar-refractivity contribution in [2.24, 2.45) is 11.3 Å². The second-order valence-corrected chi connectivity index (χ2v) is 7.56. The van der Waals surface area contributed by atoms with Gasteiger partial charge in [0.1, 0.15) is 5.75 Å². The zero-order valence-corrected chi connectivity index (χ0v) is 14.5. The van der Waals surface area contributed by atoms with Crippen LogP contribution in [0.5, 0.6) is 5.75 Å². The van der Waals surface area contributed by atoms with Crippen molar-refractivity contribution in [3.8, 4) is 5.75 Å². The molecule has 0 heterocycles. The predicted molar refractivity (Wildman–Crippen MR) is 91.4 cm³/mol. The summed E-state index contributed by atoms with van der Waals surface area (Å²) in [5.41, 5.74) is 1.50. The molecule has 118 valence electrons. The molecule has 21 heavy (non-hydrogen) atoms. The topological polar surface area (TPSA) is 21.3 Å². The van der Waals surface area contributed by atoms with E-state index in [4.69, 9.17) is 16.3 Å². The number of benzene rings is 1. The van der Waals surface area contributed by atoms with Crippen molar-refractivity contribution in [1.82, 2.24) is 0 Å². The molecule has 2 nitrogen and oxygen atoms in total. The van der Waals surface area contributed by atoms with E-state index < -0.39 is 0 Å². The van der Waals surface area contributed by atoms with Gasteiger partial charge in [-0.3, -0.25) is 0 Å². The van der Waals surface area contributed by atoms with Crippen LogP contribution in [0.15, 0.2) is 18.2 Å². The van der Waals surface area contributed by atoms with Crippen LogP contribution in [0, 0.1) is 11.3 Å². The lowest BCUT2D eigenvalue weighted by Crippen LogP contribution is -2.36. The SMILES string of the molecule is CCCOc1ccc(Cl)cc1NC1CCC(C)(C)CC1C. The van der Waals surface area contributed by atoms with E-state index in [1.807, 2.05) is 18.2 Å². The van der Waals surface area contributed by atoms with Gasteiger partial charge in [-0.2, -0.15) is 0 Å². The van der Waals surface area contributed by atoms with Gasteiger partial charge in [-0.25, -0.2) is 0 Å². The van der Waals surface area contributed by atoms with E-state index in [9.17, 15) is 0 Å². The Morgan fingerprint density at radius 2 is 2.14 bits per heavy atom. The van der Waals surface area contributed by atoms with Gasteiger partial charge in [0.2, 0.25) is 0 Å². The lowest BCUT2D eigenvalue weighted by Gasteiger charge is -2.40. The van der Waals surface area contributed by atoms with Gasteiger partial charge in [-0.05, 0) is 55.2 Å². The highest BCUT2D eigenvalue weighted by atomic mass is 35.5. The molecule has 3 heteroatoms. The fraction of sp³-hybridized carbons (Fsp3) is 0.667. The standard InChI is InChI=1S/C18H28ClNO/c1-5-10-21-17-7-6-14(19)11-16(17)20-15-8-9-18(3,4)12-13(15)2/h6-7,11,13,15,20H,5,8-10,12H2,1-4H3. The van der Waals surface area contributed by atoms with Crippen LogP contribution in [-0.2, 0) is 0 Å². The molecule has 2 rings (SSSR count). The lowest BCUT2D eigenvalue weighted by molar-refractivity contribution is 0.177. The number of halogens is 1. The van der Waals surface area contributed by atoms with Gasteiger partial charge in [0.05, 0.1) is 12.3 Å². The Morgan fingerprint density at radius 1 is 1.38 bits per heavy atom. The number of hydrogen-bond donors (Lipinski definition) is 1. The lowest BCUT2D eigenvalue weighted by atomic mass is 9.70. The molecular weight excluding hydrogens is 282 g/mol. The highest BCUT2D eigenvalue weighted by Gasteiger charge is 2.32. The third-order valence-corrected chi connectivity index (χ3v) is 4.67. The number of hydrogen-bond acceptors (Lipinski definition) is 2. The minimum absolute atomic E-state index is 0.466. The van der Waals surface area contributed by atoms with Crippen LogP contribution in [-0.4, -0.2) is 12.6 Å². The van der Waals surface area contributed by atoms with E-state index in [0.29, 0.717) is 17.4 Å². The van der Waals surface area contributed by atoms with E-state index in [2.05, 4.69) is 33.0 Å². The van der Waals surface area contributed by atoms with Gasteiger partial charge in [0.25, 0.3) is 0 Å². The first-order chi connectivity index (χ1) is 9.91. The molecule has 0 radical (unpaired) electrons. The Labute approximate surface area is 134 Å². The van der Waals surface area contributed by atoms with E-state index in [0.717, 1.165) is 29.5 Å². The normalized spacial score (nSPS) is 24.6. The molecule has 1 N–H and O–H groups in total. The molecule has 1 aliphatic carbocycles. The molecule has 1 aromatic rings. The summed E-state index contributed by atoms with van der Waals surface area (Å²) in [6, 6.07) is 6.35. The monoisotopic (exact) mass is 309 g/mol. The van der Waals surface area contributed by atoms with E-state index >= 15 is 0 Å². The van der Waals surface area contributed by atoms with Gasteiger partial charge >= 0.3 is 0 Å². The number of nitrogens with one attached hydrogen (secondary N) is 1. The summed E-state index contributed by atoms with van der Waals surface area (Å²) in [6.45, 7) is 9.94. The van der Waals surface area contributed by atoms with Gasteiger partial charge in [-0.1, -0.05) is 39.3 Å². The van der Waals surface area contributed by atoms with Crippen molar-refractivity contribution >= 4 is 17.3 Å². The molecule has 0 aliphatic heterocycles. The molecule has 1 aliphatic rings. The average molecular weight is 310 g/mol. The van der Waals surface area contributed by atoms with Crippen LogP contribution >= 0.6 is 11.6 Å². The summed E-state index contributed by atoms with van der Waals surface area (Å²) in [7, 11) is 0. The number of rotatable bonds is 5. The molecule has 0 bridgehead atoms. The van der Waals surface area contributed by atoms with Crippen LogP contribution in [0.4, 0.5) is 5.69 Å². The molecule has 0 amide bonds. The van der Waals surface area contributed by atoms with Gasteiger partial charge in [0.15, 0.2) is 0 Å². The molecule has 1 aromatic carbocycles. The van der Waals surface area contributed by atoms with Crippen LogP contribution in [0.25, 0.3) is 0 Å². The van der Waals surface area contributed by atoms with E-state index in [1.165, 1.54) is 19.3 Å². The first kappa shape index (κ1) is 16.5. The Bertz CT molecular complexity index is 472. The smallest absolute Gasteiger partial charge is 0.142 e. The highest BCUT2D eigenvalue weighted by Crippen LogP contribution is 2.40. The summed E-state index contributed by atoms with van der Waals surface area (Å²) >= 11 is 6.15. The van der Waals surface area contributed by atoms with Gasteiger partial charge in [-0.15, -0.1) is 0 Å². The number of anilines is 1. The summed E-state index contributed by atoms with van der Waals surface area (Å²) < 4.78 is 5.84. The average Bonchev–Trinajstić information content (AvgIpc) is 2.40. The first-order valence-corrected chi connectivity index (χ1v) is 8.48. The van der Waals surface area contributed by atoms with Crippen molar-refractivity contribution < 1.29 is 4.74 Å². The molecule has 0 saturated heterocycles. The third-order valence-electron chi connectivity index (χ3n) is 4.44. The molecule has 1 saturated carbocycles. The minimum Gasteiger partial charge on any atom is -0.491 e. The molecule has 1 fully saturated rings. The molecule has 0 spiro atoms.